The zero-order valence-corrected chi connectivity index (χ0v) is 15.0. The fraction of sp³-hybridized carbons (Fsp3) is 0.211. The lowest BCUT2D eigenvalue weighted by molar-refractivity contribution is -0.126. The van der Waals surface area contributed by atoms with Gasteiger partial charge in [0.2, 0.25) is 11.8 Å². The van der Waals surface area contributed by atoms with Gasteiger partial charge in [0.15, 0.2) is 11.5 Å². The van der Waals surface area contributed by atoms with Crippen molar-refractivity contribution in [1.82, 2.24) is 5.43 Å². The molecule has 0 bridgehead atoms. The van der Waals surface area contributed by atoms with Gasteiger partial charge < -0.3 is 14.8 Å². The highest BCUT2D eigenvalue weighted by Gasteiger charge is 2.09. The summed E-state index contributed by atoms with van der Waals surface area (Å²) in [7, 11) is 1.53. The van der Waals surface area contributed by atoms with Crippen LogP contribution in [0.2, 0.25) is 0 Å². The van der Waals surface area contributed by atoms with Crippen molar-refractivity contribution < 1.29 is 23.5 Å². The van der Waals surface area contributed by atoms with Gasteiger partial charge in [-0.15, -0.1) is 0 Å². The number of hydrazone groups is 1. The predicted molar refractivity (Wildman–Crippen MR) is 99.5 cm³/mol. The number of benzene rings is 2. The number of hydrogen-bond acceptors (Lipinski definition) is 5. The van der Waals surface area contributed by atoms with E-state index in [0.717, 1.165) is 0 Å². The Kier molecular flexibility index (Phi) is 7.30. The van der Waals surface area contributed by atoms with Crippen LogP contribution in [-0.4, -0.2) is 31.7 Å². The first kappa shape index (κ1) is 19.9. The van der Waals surface area contributed by atoms with Gasteiger partial charge in [0.1, 0.15) is 12.2 Å². The van der Waals surface area contributed by atoms with Crippen molar-refractivity contribution in [2.45, 2.75) is 13.3 Å². The smallest absolute Gasteiger partial charge is 0.249 e. The van der Waals surface area contributed by atoms with Crippen molar-refractivity contribution in [2.24, 2.45) is 5.10 Å². The van der Waals surface area contributed by atoms with E-state index >= 15 is 0 Å². The Morgan fingerprint density at radius 3 is 2.52 bits per heavy atom. The summed E-state index contributed by atoms with van der Waals surface area (Å²) in [6.07, 6.45) is 1.01. The normalized spacial score (nSPS) is 10.5. The molecule has 0 fully saturated rings. The largest absolute Gasteiger partial charge is 0.493 e. The quantitative estimate of drug-likeness (QED) is 0.423. The zero-order valence-electron chi connectivity index (χ0n) is 15.0. The molecule has 0 spiro atoms. The summed E-state index contributed by atoms with van der Waals surface area (Å²) in [5.41, 5.74) is 3.36. The molecule has 0 aliphatic carbocycles. The van der Waals surface area contributed by atoms with Gasteiger partial charge in [-0.25, -0.2) is 9.82 Å². The highest BCUT2D eigenvalue weighted by atomic mass is 19.1. The Labute approximate surface area is 156 Å². The molecule has 142 valence electrons. The van der Waals surface area contributed by atoms with Crippen LogP contribution in [0.25, 0.3) is 0 Å². The number of carbonyl (C=O) groups is 2. The van der Waals surface area contributed by atoms with Crippen LogP contribution in [0.1, 0.15) is 18.9 Å². The Morgan fingerprint density at radius 2 is 1.85 bits per heavy atom. The summed E-state index contributed by atoms with van der Waals surface area (Å²) in [5, 5.41) is 6.31. The van der Waals surface area contributed by atoms with E-state index in [4.69, 9.17) is 9.47 Å². The average molecular weight is 373 g/mol. The molecule has 0 saturated heterocycles. The first-order valence-electron chi connectivity index (χ1n) is 8.20. The van der Waals surface area contributed by atoms with Crippen LogP contribution in [0.5, 0.6) is 11.5 Å². The second-order valence-corrected chi connectivity index (χ2v) is 5.37. The van der Waals surface area contributed by atoms with Crippen molar-refractivity contribution in [3.63, 3.8) is 0 Å². The van der Waals surface area contributed by atoms with Gasteiger partial charge in [0.25, 0.3) is 0 Å². The lowest BCUT2D eigenvalue weighted by Crippen LogP contribution is -2.24. The maximum Gasteiger partial charge on any atom is 0.249 e. The molecule has 0 heterocycles. The van der Waals surface area contributed by atoms with Gasteiger partial charge in [-0.3, -0.25) is 9.59 Å². The number of halogens is 1. The molecule has 0 atom stereocenters. The standard InChI is InChI=1S/C19H20FN3O4/c1-3-27-16-9-4-13(10-17(16)26-2)12-21-23-19(25)11-18(24)22-15-7-5-14(20)6-8-15/h4-10,12H,3,11H2,1-2H3,(H,22,24)(H,23,25). The van der Waals surface area contributed by atoms with E-state index in [0.29, 0.717) is 29.4 Å². The molecule has 2 rings (SSSR count). The number of nitrogens with one attached hydrogen (secondary N) is 2. The minimum Gasteiger partial charge on any atom is -0.493 e. The number of hydrogen-bond donors (Lipinski definition) is 2. The molecule has 2 N–H and O–H groups in total. The van der Waals surface area contributed by atoms with E-state index in [1.807, 2.05) is 6.92 Å². The highest BCUT2D eigenvalue weighted by molar-refractivity contribution is 6.03. The molecule has 7 nitrogen and oxygen atoms in total. The molecule has 2 amide bonds. The summed E-state index contributed by atoms with van der Waals surface area (Å²) in [4.78, 5) is 23.5. The fourth-order valence-electron chi connectivity index (χ4n) is 2.14. The molecular weight excluding hydrogens is 353 g/mol. The van der Waals surface area contributed by atoms with Gasteiger partial charge >= 0.3 is 0 Å². The molecule has 0 aliphatic rings. The van der Waals surface area contributed by atoms with Crippen LogP contribution in [-0.2, 0) is 9.59 Å². The van der Waals surface area contributed by atoms with Gasteiger partial charge in [-0.05, 0) is 55.0 Å². The number of nitrogens with zero attached hydrogens (tertiary/aromatic N) is 1. The zero-order chi connectivity index (χ0) is 19.6. The molecular formula is C19H20FN3O4. The molecule has 0 aliphatic heterocycles. The topological polar surface area (TPSA) is 89.0 Å². The Bertz CT molecular complexity index is 822. The Morgan fingerprint density at radius 1 is 1.11 bits per heavy atom. The van der Waals surface area contributed by atoms with Crippen molar-refractivity contribution in [3.05, 3.63) is 53.8 Å². The summed E-state index contributed by atoms with van der Waals surface area (Å²) in [5.74, 6) is -0.365. The van der Waals surface area contributed by atoms with Crippen LogP contribution in [0.15, 0.2) is 47.6 Å². The number of methoxy groups -OCH3 is 1. The Balaban J connectivity index is 1.85. The lowest BCUT2D eigenvalue weighted by atomic mass is 10.2. The number of amides is 2. The van der Waals surface area contributed by atoms with E-state index in [2.05, 4.69) is 15.8 Å². The van der Waals surface area contributed by atoms with E-state index < -0.39 is 24.1 Å². The predicted octanol–water partition coefficient (Wildman–Crippen LogP) is 2.71. The minimum atomic E-state index is -0.580. The molecule has 2 aromatic carbocycles. The number of carbonyl (C=O) groups excluding carboxylic acids is 2. The van der Waals surface area contributed by atoms with Gasteiger partial charge in [0, 0.05) is 5.69 Å². The monoisotopic (exact) mass is 373 g/mol. The van der Waals surface area contributed by atoms with Crippen LogP contribution >= 0.6 is 0 Å². The van der Waals surface area contributed by atoms with Gasteiger partial charge in [-0.1, -0.05) is 0 Å². The molecule has 8 heteroatoms. The number of rotatable bonds is 8. The second kappa shape index (κ2) is 9.91. The second-order valence-electron chi connectivity index (χ2n) is 5.37. The third kappa shape index (κ3) is 6.43. The van der Waals surface area contributed by atoms with Crippen LogP contribution in [0.3, 0.4) is 0 Å². The van der Waals surface area contributed by atoms with Crippen molar-refractivity contribution in [1.29, 1.82) is 0 Å². The first-order valence-corrected chi connectivity index (χ1v) is 8.20. The summed E-state index contributed by atoms with van der Waals surface area (Å²) in [6, 6.07) is 10.4. The van der Waals surface area contributed by atoms with Crippen LogP contribution in [0, 0.1) is 5.82 Å². The van der Waals surface area contributed by atoms with Crippen molar-refractivity contribution >= 4 is 23.7 Å². The van der Waals surface area contributed by atoms with E-state index in [-0.39, 0.29) is 0 Å². The molecule has 0 aromatic heterocycles. The van der Waals surface area contributed by atoms with E-state index in [1.54, 1.807) is 18.2 Å². The third-order valence-electron chi connectivity index (χ3n) is 3.34. The maximum atomic E-state index is 12.8. The van der Waals surface area contributed by atoms with Crippen molar-refractivity contribution in [2.75, 3.05) is 19.0 Å². The first-order chi connectivity index (χ1) is 13.0. The SMILES string of the molecule is CCOc1ccc(C=NNC(=O)CC(=O)Nc2ccc(F)cc2)cc1OC. The molecule has 0 radical (unpaired) electrons. The highest BCUT2D eigenvalue weighted by Crippen LogP contribution is 2.27. The lowest BCUT2D eigenvalue weighted by Gasteiger charge is -2.09. The fourth-order valence-corrected chi connectivity index (χ4v) is 2.14. The molecule has 0 saturated carbocycles. The third-order valence-corrected chi connectivity index (χ3v) is 3.34. The van der Waals surface area contributed by atoms with Crippen molar-refractivity contribution in [3.8, 4) is 11.5 Å². The van der Waals surface area contributed by atoms with Gasteiger partial charge in [-0.2, -0.15) is 5.10 Å². The molecule has 0 unspecified atom stereocenters. The summed E-state index contributed by atoms with van der Waals surface area (Å²) >= 11 is 0. The van der Waals surface area contributed by atoms with Gasteiger partial charge in [0.05, 0.1) is 19.9 Å². The molecule has 2 aromatic rings. The summed E-state index contributed by atoms with van der Waals surface area (Å²) in [6.45, 7) is 2.39. The Hall–Kier alpha value is -3.42. The summed E-state index contributed by atoms with van der Waals surface area (Å²) < 4.78 is 23.5. The van der Waals surface area contributed by atoms with Crippen LogP contribution < -0.4 is 20.2 Å². The van der Waals surface area contributed by atoms with E-state index in [1.165, 1.54) is 37.6 Å². The maximum absolute atomic E-state index is 12.8. The number of ether oxygens (including phenoxy) is 2. The average Bonchev–Trinajstić information content (AvgIpc) is 2.64. The van der Waals surface area contributed by atoms with E-state index in [9.17, 15) is 14.0 Å². The van der Waals surface area contributed by atoms with Crippen LogP contribution in [0.4, 0.5) is 10.1 Å². The number of anilines is 1. The molecule has 27 heavy (non-hydrogen) atoms. The minimum absolute atomic E-state index is 0.402.